The molecule has 3 aliphatic rings. The zero-order valence-corrected chi connectivity index (χ0v) is 9.71. The molecule has 1 spiro atoms. The molecule has 0 amide bonds. The fourth-order valence-electron chi connectivity index (χ4n) is 2.98. The van der Waals surface area contributed by atoms with Crippen molar-refractivity contribution in [2.45, 2.75) is 0 Å². The summed E-state index contributed by atoms with van der Waals surface area (Å²) >= 11 is 0. The fraction of sp³-hybridized carbons (Fsp3) is 1.00. The lowest BCUT2D eigenvalue weighted by atomic mass is 9.75. The van der Waals surface area contributed by atoms with E-state index in [1.807, 2.05) is 0 Å². The third kappa shape index (κ3) is 1.91. The van der Waals surface area contributed by atoms with Crippen LogP contribution < -0.4 is 5.32 Å². The Balaban J connectivity index is 1.40. The highest BCUT2D eigenvalue weighted by molar-refractivity contribution is 5.03. The summed E-state index contributed by atoms with van der Waals surface area (Å²) in [6.07, 6.45) is 0. The maximum Gasteiger partial charge on any atom is 0.0507 e. The number of likely N-dealkylation sites (N-methyl/N-ethyl adjacent to an activating group) is 1. The van der Waals surface area contributed by atoms with Gasteiger partial charge in [0.1, 0.15) is 0 Å². The first-order valence-electron chi connectivity index (χ1n) is 6.10. The minimum Gasteiger partial charge on any atom is -0.315 e. The van der Waals surface area contributed by atoms with Gasteiger partial charge >= 0.3 is 0 Å². The molecule has 0 bridgehead atoms. The smallest absolute Gasteiger partial charge is 0.0507 e. The van der Waals surface area contributed by atoms with Gasteiger partial charge in [-0.05, 0) is 7.05 Å². The number of nitrogens with one attached hydrogen (secondary N) is 1. The molecule has 0 unspecified atom stereocenters. The number of hydrogen-bond acceptors (Lipinski definition) is 4. The van der Waals surface area contributed by atoms with Crippen LogP contribution >= 0.6 is 0 Å². The predicted molar refractivity (Wildman–Crippen MR) is 60.8 cm³/mol. The summed E-state index contributed by atoms with van der Waals surface area (Å²) in [6.45, 7) is 11.3. The van der Waals surface area contributed by atoms with Crippen LogP contribution in [0.15, 0.2) is 0 Å². The molecule has 0 aromatic rings. The lowest BCUT2D eigenvalue weighted by molar-refractivity contribution is -0.0715. The van der Waals surface area contributed by atoms with Crippen molar-refractivity contribution < 1.29 is 0 Å². The molecule has 3 aliphatic heterocycles. The summed E-state index contributed by atoms with van der Waals surface area (Å²) in [5, 5.41) is 3.39. The van der Waals surface area contributed by atoms with Crippen molar-refractivity contribution >= 4 is 0 Å². The Morgan fingerprint density at radius 2 is 1.67 bits per heavy atom. The van der Waals surface area contributed by atoms with E-state index in [-0.39, 0.29) is 0 Å². The third-order valence-corrected chi connectivity index (χ3v) is 4.11. The molecule has 3 heterocycles. The minimum atomic E-state index is 0.687. The van der Waals surface area contributed by atoms with Gasteiger partial charge in [0.15, 0.2) is 0 Å². The van der Waals surface area contributed by atoms with Crippen LogP contribution in [0.25, 0.3) is 0 Å². The molecule has 0 aromatic carbocycles. The van der Waals surface area contributed by atoms with Crippen LogP contribution in [0.5, 0.6) is 0 Å². The maximum atomic E-state index is 3.39. The van der Waals surface area contributed by atoms with Crippen LogP contribution in [0.2, 0.25) is 0 Å². The molecule has 0 radical (unpaired) electrons. The Hall–Kier alpha value is -0.160. The monoisotopic (exact) mass is 210 g/mol. The summed E-state index contributed by atoms with van der Waals surface area (Å²) in [5.41, 5.74) is 0.687. The molecule has 0 saturated carbocycles. The van der Waals surface area contributed by atoms with Crippen molar-refractivity contribution in [1.82, 2.24) is 20.0 Å². The zero-order valence-electron chi connectivity index (χ0n) is 9.71. The first kappa shape index (κ1) is 10.0. The number of piperazine rings is 1. The lowest BCUT2D eigenvalue weighted by Gasteiger charge is -2.57. The average Bonchev–Trinajstić information content (AvgIpc) is 2.10. The molecule has 0 aromatic heterocycles. The number of nitrogens with zero attached hydrogens (tertiary/aromatic N) is 3. The molecular formula is C11H22N4. The van der Waals surface area contributed by atoms with E-state index in [0.29, 0.717) is 5.41 Å². The van der Waals surface area contributed by atoms with Gasteiger partial charge in [0.05, 0.1) is 6.67 Å². The summed E-state index contributed by atoms with van der Waals surface area (Å²) in [7, 11) is 2.22. The Morgan fingerprint density at radius 1 is 1.00 bits per heavy atom. The van der Waals surface area contributed by atoms with Crippen LogP contribution in [0.3, 0.4) is 0 Å². The van der Waals surface area contributed by atoms with Crippen molar-refractivity contribution in [3.05, 3.63) is 0 Å². The molecular weight excluding hydrogens is 188 g/mol. The van der Waals surface area contributed by atoms with Crippen LogP contribution in [-0.4, -0.2) is 80.8 Å². The molecule has 3 saturated heterocycles. The van der Waals surface area contributed by atoms with Crippen molar-refractivity contribution in [2.75, 3.05) is 66.1 Å². The number of hydrogen-bond donors (Lipinski definition) is 1. The Morgan fingerprint density at radius 3 is 2.20 bits per heavy atom. The highest BCUT2D eigenvalue weighted by atomic mass is 15.4. The topological polar surface area (TPSA) is 21.8 Å². The van der Waals surface area contributed by atoms with Crippen LogP contribution in [0, 0.1) is 5.41 Å². The van der Waals surface area contributed by atoms with Crippen LogP contribution in [-0.2, 0) is 0 Å². The second kappa shape index (κ2) is 3.70. The maximum absolute atomic E-state index is 3.39. The summed E-state index contributed by atoms with van der Waals surface area (Å²) in [6, 6.07) is 0. The number of rotatable bonds is 2. The van der Waals surface area contributed by atoms with Gasteiger partial charge in [-0.3, -0.25) is 9.80 Å². The first-order valence-corrected chi connectivity index (χ1v) is 6.10. The standard InChI is InChI=1S/C11H22N4/c1-13-2-4-14(5-3-13)10-15-8-11(9-15)6-12-7-11/h12H,2-10H2,1H3. The number of likely N-dealkylation sites (tertiary alicyclic amines) is 1. The van der Waals surface area contributed by atoms with Crippen molar-refractivity contribution in [2.24, 2.45) is 5.41 Å². The van der Waals surface area contributed by atoms with E-state index in [1.54, 1.807) is 0 Å². The molecule has 1 N–H and O–H groups in total. The highest BCUT2D eigenvalue weighted by Gasteiger charge is 2.47. The van der Waals surface area contributed by atoms with Crippen LogP contribution in [0.4, 0.5) is 0 Å². The quantitative estimate of drug-likeness (QED) is 0.637. The molecule has 86 valence electrons. The van der Waals surface area contributed by atoms with Gasteiger partial charge in [0, 0.05) is 57.8 Å². The van der Waals surface area contributed by atoms with Gasteiger partial charge in [-0.25, -0.2) is 0 Å². The summed E-state index contributed by atoms with van der Waals surface area (Å²) in [5.74, 6) is 0. The van der Waals surface area contributed by atoms with Gasteiger partial charge in [0.2, 0.25) is 0 Å². The van der Waals surface area contributed by atoms with E-state index in [9.17, 15) is 0 Å². The van der Waals surface area contributed by atoms with Crippen molar-refractivity contribution in [3.63, 3.8) is 0 Å². The van der Waals surface area contributed by atoms with E-state index in [2.05, 4.69) is 27.1 Å². The second-order valence-electron chi connectivity index (χ2n) is 5.65. The SMILES string of the molecule is CN1CCN(CN2CC3(CNC3)C2)CC1. The molecule has 3 fully saturated rings. The predicted octanol–water partition coefficient (Wildman–Crippen LogP) is -0.903. The van der Waals surface area contributed by atoms with Gasteiger partial charge in [-0.2, -0.15) is 0 Å². The Labute approximate surface area is 92.2 Å². The third-order valence-electron chi connectivity index (χ3n) is 4.11. The zero-order chi connectivity index (χ0) is 10.3. The molecule has 0 aliphatic carbocycles. The average molecular weight is 210 g/mol. The Kier molecular flexibility index (Phi) is 2.47. The van der Waals surface area contributed by atoms with Gasteiger partial charge in [-0.1, -0.05) is 0 Å². The van der Waals surface area contributed by atoms with E-state index >= 15 is 0 Å². The van der Waals surface area contributed by atoms with E-state index in [0.717, 1.165) is 0 Å². The van der Waals surface area contributed by atoms with Gasteiger partial charge in [0.25, 0.3) is 0 Å². The van der Waals surface area contributed by atoms with E-state index < -0.39 is 0 Å². The lowest BCUT2D eigenvalue weighted by Crippen LogP contribution is -2.72. The van der Waals surface area contributed by atoms with E-state index in [1.165, 1.54) is 59.0 Å². The molecule has 15 heavy (non-hydrogen) atoms. The van der Waals surface area contributed by atoms with Gasteiger partial charge in [-0.15, -0.1) is 0 Å². The molecule has 4 nitrogen and oxygen atoms in total. The summed E-state index contributed by atoms with van der Waals surface area (Å²) in [4.78, 5) is 7.62. The summed E-state index contributed by atoms with van der Waals surface area (Å²) < 4.78 is 0. The van der Waals surface area contributed by atoms with Crippen molar-refractivity contribution in [1.29, 1.82) is 0 Å². The molecule has 3 rings (SSSR count). The second-order valence-corrected chi connectivity index (χ2v) is 5.65. The minimum absolute atomic E-state index is 0.687. The highest BCUT2D eigenvalue weighted by Crippen LogP contribution is 2.33. The fourth-order valence-corrected chi connectivity index (χ4v) is 2.98. The first-order chi connectivity index (χ1) is 7.26. The van der Waals surface area contributed by atoms with Crippen LogP contribution in [0.1, 0.15) is 0 Å². The normalized spacial score (nSPS) is 32.6. The Bertz CT molecular complexity index is 223. The van der Waals surface area contributed by atoms with Crippen molar-refractivity contribution in [3.8, 4) is 0 Å². The van der Waals surface area contributed by atoms with Gasteiger partial charge < -0.3 is 10.2 Å². The molecule has 0 atom stereocenters. The molecule has 4 heteroatoms. The van der Waals surface area contributed by atoms with E-state index in [4.69, 9.17) is 0 Å². The largest absolute Gasteiger partial charge is 0.315 e.